The fraction of sp³-hybridized carbons (Fsp3) is 0.636. The molecule has 106 valence electrons. The Kier molecular flexibility index (Phi) is 5.94. The number of aromatic nitrogens is 3. The molecule has 8 nitrogen and oxygen atoms in total. The van der Waals surface area contributed by atoms with Crippen LogP contribution in [0.3, 0.4) is 0 Å². The number of hydrogen-bond acceptors (Lipinski definition) is 5. The first kappa shape index (κ1) is 15.1. The molecule has 0 spiro atoms. The van der Waals surface area contributed by atoms with Gasteiger partial charge in [-0.2, -0.15) is 0 Å². The highest BCUT2D eigenvalue weighted by molar-refractivity contribution is 5.94. The SMILES string of the molecule is CCN(CC)C(=O)CNC(=O)c1cn(CCN)nn1. The fourth-order valence-corrected chi connectivity index (χ4v) is 1.58. The average Bonchev–Trinajstić information content (AvgIpc) is 2.86. The fourth-order valence-electron chi connectivity index (χ4n) is 1.58. The van der Waals surface area contributed by atoms with E-state index in [0.717, 1.165) is 0 Å². The highest BCUT2D eigenvalue weighted by atomic mass is 16.2. The van der Waals surface area contributed by atoms with E-state index in [4.69, 9.17) is 5.73 Å². The highest BCUT2D eigenvalue weighted by Gasteiger charge is 2.14. The molecule has 0 aliphatic rings. The number of nitrogens with two attached hydrogens (primary N) is 1. The van der Waals surface area contributed by atoms with Crippen molar-refractivity contribution in [2.24, 2.45) is 5.73 Å². The maximum absolute atomic E-state index is 11.7. The molecule has 0 saturated carbocycles. The lowest BCUT2D eigenvalue weighted by molar-refractivity contribution is -0.129. The molecule has 0 aliphatic heterocycles. The van der Waals surface area contributed by atoms with Crippen molar-refractivity contribution in [2.45, 2.75) is 20.4 Å². The molecule has 0 unspecified atom stereocenters. The van der Waals surface area contributed by atoms with Crippen LogP contribution in [-0.4, -0.2) is 57.9 Å². The van der Waals surface area contributed by atoms with Crippen molar-refractivity contribution in [1.82, 2.24) is 25.2 Å². The summed E-state index contributed by atoms with van der Waals surface area (Å²) < 4.78 is 1.49. The van der Waals surface area contributed by atoms with Gasteiger partial charge in [-0.1, -0.05) is 5.21 Å². The maximum Gasteiger partial charge on any atom is 0.273 e. The standard InChI is InChI=1S/C11H20N6O2/c1-3-16(4-2)10(18)7-13-11(19)9-8-17(6-5-12)15-14-9/h8H,3-7,12H2,1-2H3,(H,13,19). The second kappa shape index (κ2) is 7.47. The van der Waals surface area contributed by atoms with Gasteiger partial charge < -0.3 is 16.0 Å². The molecular weight excluding hydrogens is 248 g/mol. The van der Waals surface area contributed by atoms with Gasteiger partial charge in [0.15, 0.2) is 5.69 Å². The summed E-state index contributed by atoms with van der Waals surface area (Å²) in [4.78, 5) is 25.1. The lowest BCUT2D eigenvalue weighted by atomic mass is 10.4. The lowest BCUT2D eigenvalue weighted by Crippen LogP contribution is -2.40. The van der Waals surface area contributed by atoms with Crippen molar-refractivity contribution in [3.63, 3.8) is 0 Å². The van der Waals surface area contributed by atoms with Crippen LogP contribution in [0.2, 0.25) is 0 Å². The van der Waals surface area contributed by atoms with Crippen LogP contribution in [0.4, 0.5) is 0 Å². The van der Waals surface area contributed by atoms with E-state index in [9.17, 15) is 9.59 Å². The summed E-state index contributed by atoms with van der Waals surface area (Å²) in [5, 5.41) is 10.00. The van der Waals surface area contributed by atoms with Gasteiger partial charge in [-0.25, -0.2) is 0 Å². The van der Waals surface area contributed by atoms with Crippen LogP contribution in [0.15, 0.2) is 6.20 Å². The molecule has 0 aliphatic carbocycles. The van der Waals surface area contributed by atoms with Crippen LogP contribution in [0.1, 0.15) is 24.3 Å². The van der Waals surface area contributed by atoms with E-state index < -0.39 is 5.91 Å². The van der Waals surface area contributed by atoms with E-state index in [2.05, 4.69) is 15.6 Å². The van der Waals surface area contributed by atoms with Crippen LogP contribution >= 0.6 is 0 Å². The van der Waals surface area contributed by atoms with Crippen molar-refractivity contribution in [3.05, 3.63) is 11.9 Å². The molecular formula is C11H20N6O2. The van der Waals surface area contributed by atoms with Crippen LogP contribution in [0.5, 0.6) is 0 Å². The summed E-state index contributed by atoms with van der Waals surface area (Å²) in [6.45, 7) is 5.91. The van der Waals surface area contributed by atoms with E-state index in [1.807, 2.05) is 13.8 Å². The van der Waals surface area contributed by atoms with Gasteiger partial charge in [-0.15, -0.1) is 5.10 Å². The van der Waals surface area contributed by atoms with Crippen LogP contribution in [-0.2, 0) is 11.3 Å². The third kappa shape index (κ3) is 4.32. The molecule has 19 heavy (non-hydrogen) atoms. The Bertz CT molecular complexity index is 427. The molecule has 2 amide bonds. The third-order valence-corrected chi connectivity index (χ3v) is 2.65. The van der Waals surface area contributed by atoms with Gasteiger partial charge in [0, 0.05) is 19.6 Å². The Morgan fingerprint density at radius 3 is 2.68 bits per heavy atom. The number of amides is 2. The third-order valence-electron chi connectivity index (χ3n) is 2.65. The van der Waals surface area contributed by atoms with Gasteiger partial charge in [-0.3, -0.25) is 14.3 Å². The van der Waals surface area contributed by atoms with E-state index >= 15 is 0 Å². The van der Waals surface area contributed by atoms with Crippen LogP contribution in [0.25, 0.3) is 0 Å². The molecule has 0 saturated heterocycles. The summed E-state index contributed by atoms with van der Waals surface area (Å²) in [5.74, 6) is -0.531. The predicted molar refractivity (Wildman–Crippen MR) is 69.3 cm³/mol. The van der Waals surface area contributed by atoms with Gasteiger partial charge in [0.2, 0.25) is 5.91 Å². The Labute approximate surface area is 111 Å². The molecule has 0 radical (unpaired) electrons. The smallest absolute Gasteiger partial charge is 0.273 e. The minimum absolute atomic E-state index is 0.0374. The number of nitrogens with zero attached hydrogens (tertiary/aromatic N) is 4. The molecule has 0 aromatic carbocycles. The number of nitrogens with one attached hydrogen (secondary N) is 1. The molecule has 0 fully saturated rings. The second-order valence-corrected chi connectivity index (χ2v) is 3.90. The number of hydrogen-bond donors (Lipinski definition) is 2. The number of likely N-dealkylation sites (N-methyl/N-ethyl adjacent to an activating group) is 1. The Hall–Kier alpha value is -1.96. The zero-order valence-electron chi connectivity index (χ0n) is 11.3. The first-order valence-electron chi connectivity index (χ1n) is 6.28. The van der Waals surface area contributed by atoms with Crippen LogP contribution < -0.4 is 11.1 Å². The highest BCUT2D eigenvalue weighted by Crippen LogP contribution is 1.93. The molecule has 8 heteroatoms. The Morgan fingerprint density at radius 1 is 1.42 bits per heavy atom. The van der Waals surface area contributed by atoms with Crippen molar-refractivity contribution >= 4 is 11.8 Å². The summed E-state index contributed by atoms with van der Waals surface area (Å²) >= 11 is 0. The average molecular weight is 268 g/mol. The molecule has 1 heterocycles. The van der Waals surface area contributed by atoms with E-state index in [0.29, 0.717) is 26.2 Å². The quantitative estimate of drug-likeness (QED) is 0.648. The predicted octanol–water partition coefficient (Wildman–Crippen LogP) is -1.16. The Balaban J connectivity index is 2.48. The second-order valence-electron chi connectivity index (χ2n) is 3.90. The first-order chi connectivity index (χ1) is 9.12. The van der Waals surface area contributed by atoms with Gasteiger partial charge in [-0.05, 0) is 13.8 Å². The van der Waals surface area contributed by atoms with E-state index in [1.54, 1.807) is 4.90 Å². The topological polar surface area (TPSA) is 106 Å². The molecule has 0 atom stereocenters. The monoisotopic (exact) mass is 268 g/mol. The zero-order valence-corrected chi connectivity index (χ0v) is 11.3. The minimum atomic E-state index is -0.413. The summed E-state index contributed by atoms with van der Waals surface area (Å²) in [6.07, 6.45) is 1.50. The zero-order chi connectivity index (χ0) is 14.3. The molecule has 3 N–H and O–H groups in total. The van der Waals surface area contributed by atoms with E-state index in [-0.39, 0.29) is 18.1 Å². The maximum atomic E-state index is 11.7. The van der Waals surface area contributed by atoms with E-state index in [1.165, 1.54) is 10.9 Å². The summed E-state index contributed by atoms with van der Waals surface area (Å²) in [5.41, 5.74) is 5.55. The van der Waals surface area contributed by atoms with Gasteiger partial charge >= 0.3 is 0 Å². The van der Waals surface area contributed by atoms with Gasteiger partial charge in [0.25, 0.3) is 5.91 Å². The molecule has 0 bridgehead atoms. The largest absolute Gasteiger partial charge is 0.342 e. The van der Waals surface area contributed by atoms with Crippen LogP contribution in [0, 0.1) is 0 Å². The lowest BCUT2D eigenvalue weighted by Gasteiger charge is -2.18. The van der Waals surface area contributed by atoms with Crippen molar-refractivity contribution in [2.75, 3.05) is 26.2 Å². The summed E-state index contributed by atoms with van der Waals surface area (Å²) in [7, 11) is 0. The number of carbonyl (C=O) groups excluding carboxylic acids is 2. The van der Waals surface area contributed by atoms with Crippen molar-refractivity contribution in [3.8, 4) is 0 Å². The van der Waals surface area contributed by atoms with Crippen molar-refractivity contribution < 1.29 is 9.59 Å². The minimum Gasteiger partial charge on any atom is -0.342 e. The molecule has 1 rings (SSSR count). The normalized spacial score (nSPS) is 10.3. The molecule has 1 aromatic heterocycles. The Morgan fingerprint density at radius 2 is 2.11 bits per heavy atom. The summed E-state index contributed by atoms with van der Waals surface area (Å²) in [6, 6.07) is 0. The number of carbonyl (C=O) groups is 2. The van der Waals surface area contributed by atoms with Gasteiger partial charge in [0.05, 0.1) is 19.3 Å². The number of rotatable bonds is 7. The molecule has 1 aromatic rings. The first-order valence-corrected chi connectivity index (χ1v) is 6.28. The van der Waals surface area contributed by atoms with Gasteiger partial charge in [0.1, 0.15) is 0 Å². The van der Waals surface area contributed by atoms with Crippen molar-refractivity contribution in [1.29, 1.82) is 0 Å².